The molecule has 2 rings (SSSR count). The van der Waals surface area contributed by atoms with E-state index in [-0.39, 0.29) is 0 Å². The molecule has 0 saturated heterocycles. The monoisotopic (exact) mass is 205 g/mol. The summed E-state index contributed by atoms with van der Waals surface area (Å²) in [7, 11) is 0. The van der Waals surface area contributed by atoms with E-state index >= 15 is 0 Å². The first-order chi connectivity index (χ1) is 7.09. The molecule has 0 fully saturated rings. The molecule has 0 N–H and O–H groups in total. The Hall–Kier alpha value is -1.18. The van der Waals surface area contributed by atoms with Gasteiger partial charge in [0.2, 0.25) is 0 Å². The normalized spacial score (nSPS) is 14.7. The van der Waals surface area contributed by atoms with Crippen LogP contribution in [0.1, 0.15) is 39.2 Å². The molecule has 82 valence electrons. The van der Waals surface area contributed by atoms with Crippen LogP contribution in [-0.2, 0) is 0 Å². The molecule has 15 heavy (non-hydrogen) atoms. The van der Waals surface area contributed by atoms with Crippen molar-refractivity contribution in [3.63, 3.8) is 0 Å². The molecule has 1 aromatic carbocycles. The molecule has 0 atom stereocenters. The molecule has 1 aliphatic heterocycles. The number of rotatable bonds is 2. The van der Waals surface area contributed by atoms with Crippen molar-refractivity contribution in [1.82, 2.24) is 0 Å². The summed E-state index contributed by atoms with van der Waals surface area (Å²) in [6, 6.07) is 7.00. The first-order valence-electron chi connectivity index (χ1n) is 5.63. The molecule has 0 radical (unpaired) electrons. The lowest BCUT2D eigenvalue weighted by molar-refractivity contribution is 0.339. The highest BCUT2D eigenvalue weighted by atomic mass is 16.5. The van der Waals surface area contributed by atoms with E-state index in [0.29, 0.717) is 18.7 Å². The van der Waals surface area contributed by atoms with Crippen molar-refractivity contribution < 1.29 is 4.74 Å². The SMILES string of the molecule is CC(C)c1ccc2c(c1)N(C(C)C)CO2. The topological polar surface area (TPSA) is 12.5 Å². The Morgan fingerprint density at radius 2 is 1.93 bits per heavy atom. The van der Waals surface area contributed by atoms with Crippen molar-refractivity contribution in [3.8, 4) is 5.75 Å². The lowest BCUT2D eigenvalue weighted by atomic mass is 10.0. The van der Waals surface area contributed by atoms with Gasteiger partial charge in [-0.1, -0.05) is 19.9 Å². The highest BCUT2D eigenvalue weighted by Crippen LogP contribution is 2.37. The van der Waals surface area contributed by atoms with Crippen LogP contribution in [0, 0.1) is 0 Å². The Morgan fingerprint density at radius 3 is 2.53 bits per heavy atom. The molecule has 0 amide bonds. The van der Waals surface area contributed by atoms with Gasteiger partial charge in [0.25, 0.3) is 0 Å². The summed E-state index contributed by atoms with van der Waals surface area (Å²) in [6.45, 7) is 9.52. The minimum absolute atomic E-state index is 0.494. The van der Waals surface area contributed by atoms with Crippen molar-refractivity contribution >= 4 is 5.69 Å². The predicted octanol–water partition coefficient (Wildman–Crippen LogP) is 3.37. The van der Waals surface area contributed by atoms with Crippen molar-refractivity contribution in [2.75, 3.05) is 11.6 Å². The maximum Gasteiger partial charge on any atom is 0.161 e. The number of nitrogens with zero attached hydrogens (tertiary/aromatic N) is 1. The largest absolute Gasteiger partial charge is 0.471 e. The molecule has 0 aliphatic carbocycles. The van der Waals surface area contributed by atoms with Crippen LogP contribution < -0.4 is 9.64 Å². The van der Waals surface area contributed by atoms with Gasteiger partial charge < -0.3 is 9.64 Å². The summed E-state index contributed by atoms with van der Waals surface area (Å²) in [5.74, 6) is 1.60. The summed E-state index contributed by atoms with van der Waals surface area (Å²) in [5.41, 5.74) is 2.63. The Kier molecular flexibility index (Phi) is 2.59. The smallest absolute Gasteiger partial charge is 0.161 e. The summed E-state index contributed by atoms with van der Waals surface area (Å²) < 4.78 is 5.63. The third-order valence-corrected chi connectivity index (χ3v) is 2.94. The summed E-state index contributed by atoms with van der Waals surface area (Å²) in [6.07, 6.45) is 0. The molecule has 2 heteroatoms. The first kappa shape index (κ1) is 10.3. The molecule has 0 bridgehead atoms. The highest BCUT2D eigenvalue weighted by Gasteiger charge is 2.22. The van der Waals surface area contributed by atoms with Crippen LogP contribution in [0.3, 0.4) is 0 Å². The molecule has 0 unspecified atom stereocenters. The zero-order valence-electron chi connectivity index (χ0n) is 9.95. The van der Waals surface area contributed by atoms with Gasteiger partial charge in [-0.3, -0.25) is 0 Å². The van der Waals surface area contributed by atoms with E-state index in [1.807, 2.05) is 0 Å². The van der Waals surface area contributed by atoms with Crippen molar-refractivity contribution in [3.05, 3.63) is 23.8 Å². The third kappa shape index (κ3) is 1.81. The maximum atomic E-state index is 5.63. The molecular formula is C13H19NO. The van der Waals surface area contributed by atoms with Crippen LogP contribution >= 0.6 is 0 Å². The fraction of sp³-hybridized carbons (Fsp3) is 0.538. The van der Waals surface area contributed by atoms with Crippen LogP contribution in [-0.4, -0.2) is 12.8 Å². The van der Waals surface area contributed by atoms with Crippen LogP contribution in [0.5, 0.6) is 5.75 Å². The van der Waals surface area contributed by atoms with E-state index in [4.69, 9.17) is 4.74 Å². The highest BCUT2D eigenvalue weighted by molar-refractivity contribution is 5.63. The van der Waals surface area contributed by atoms with Gasteiger partial charge in [-0.25, -0.2) is 0 Å². The molecule has 1 heterocycles. The molecule has 0 spiro atoms. The fourth-order valence-corrected chi connectivity index (χ4v) is 1.88. The second kappa shape index (κ2) is 3.76. The van der Waals surface area contributed by atoms with Crippen molar-refractivity contribution in [1.29, 1.82) is 0 Å². The van der Waals surface area contributed by atoms with Gasteiger partial charge in [-0.2, -0.15) is 0 Å². The number of benzene rings is 1. The van der Waals surface area contributed by atoms with Crippen LogP contribution in [0.4, 0.5) is 5.69 Å². The van der Waals surface area contributed by atoms with Crippen LogP contribution in [0.15, 0.2) is 18.2 Å². The number of fused-ring (bicyclic) bond motifs is 1. The van der Waals surface area contributed by atoms with Crippen molar-refractivity contribution in [2.24, 2.45) is 0 Å². The maximum absolute atomic E-state index is 5.63. The molecule has 0 aromatic heterocycles. The van der Waals surface area contributed by atoms with Crippen LogP contribution in [0.2, 0.25) is 0 Å². The third-order valence-electron chi connectivity index (χ3n) is 2.94. The molecule has 0 saturated carbocycles. The molecule has 1 aromatic rings. The number of anilines is 1. The van der Waals surface area contributed by atoms with E-state index in [2.05, 4.69) is 50.8 Å². The quantitative estimate of drug-likeness (QED) is 0.734. The lowest BCUT2D eigenvalue weighted by Crippen LogP contribution is -2.29. The molecular weight excluding hydrogens is 186 g/mol. The van der Waals surface area contributed by atoms with Gasteiger partial charge in [-0.15, -0.1) is 0 Å². The Labute approximate surface area is 91.9 Å². The van der Waals surface area contributed by atoms with Gasteiger partial charge in [-0.05, 0) is 37.5 Å². The molecule has 2 nitrogen and oxygen atoms in total. The lowest BCUT2D eigenvalue weighted by Gasteiger charge is -2.21. The van der Waals surface area contributed by atoms with E-state index in [9.17, 15) is 0 Å². The van der Waals surface area contributed by atoms with Gasteiger partial charge in [0.05, 0.1) is 5.69 Å². The fourth-order valence-electron chi connectivity index (χ4n) is 1.88. The zero-order chi connectivity index (χ0) is 11.0. The predicted molar refractivity (Wildman–Crippen MR) is 63.6 cm³/mol. The second-order valence-electron chi connectivity index (χ2n) is 4.72. The van der Waals surface area contributed by atoms with E-state index in [1.54, 1.807) is 0 Å². The van der Waals surface area contributed by atoms with E-state index in [1.165, 1.54) is 11.3 Å². The Balaban J connectivity index is 2.38. The van der Waals surface area contributed by atoms with Gasteiger partial charge >= 0.3 is 0 Å². The average molecular weight is 205 g/mol. The zero-order valence-corrected chi connectivity index (χ0v) is 9.95. The second-order valence-corrected chi connectivity index (χ2v) is 4.72. The van der Waals surface area contributed by atoms with Crippen LogP contribution in [0.25, 0.3) is 0 Å². The Morgan fingerprint density at radius 1 is 1.20 bits per heavy atom. The van der Waals surface area contributed by atoms with Gasteiger partial charge in [0.15, 0.2) is 6.73 Å². The minimum atomic E-state index is 0.494. The Bertz CT molecular complexity index is 358. The number of ether oxygens (including phenoxy) is 1. The van der Waals surface area contributed by atoms with E-state index in [0.717, 1.165) is 5.75 Å². The van der Waals surface area contributed by atoms with Gasteiger partial charge in [0.1, 0.15) is 5.75 Å². The number of hydrogen-bond donors (Lipinski definition) is 0. The summed E-state index contributed by atoms with van der Waals surface area (Å²) in [4.78, 5) is 2.29. The van der Waals surface area contributed by atoms with Crippen molar-refractivity contribution in [2.45, 2.75) is 39.7 Å². The summed E-state index contributed by atoms with van der Waals surface area (Å²) in [5, 5.41) is 0. The average Bonchev–Trinajstić information content (AvgIpc) is 2.59. The first-order valence-corrected chi connectivity index (χ1v) is 5.63. The van der Waals surface area contributed by atoms with Gasteiger partial charge in [0, 0.05) is 6.04 Å². The van der Waals surface area contributed by atoms with E-state index < -0.39 is 0 Å². The standard InChI is InChI=1S/C13H19NO/c1-9(2)11-5-6-13-12(7-11)14(8-15-13)10(3)4/h5-7,9-10H,8H2,1-4H3. The number of hydrogen-bond acceptors (Lipinski definition) is 2. The summed E-state index contributed by atoms with van der Waals surface area (Å²) >= 11 is 0. The minimum Gasteiger partial charge on any atom is -0.471 e. The molecule has 1 aliphatic rings.